The highest BCUT2D eigenvalue weighted by Gasteiger charge is 2.23. The second kappa shape index (κ2) is 6.86. The van der Waals surface area contributed by atoms with Crippen LogP contribution in [0.2, 0.25) is 0 Å². The lowest BCUT2D eigenvalue weighted by Crippen LogP contribution is -2.47. The van der Waals surface area contributed by atoms with E-state index in [0.717, 1.165) is 63.6 Å². The SMILES string of the molecule is Cc1ccc(F)c(CN2CCN(C[C@@H]3CCOC3)CC2)c1. The normalized spacial score (nSPS) is 24.6. The smallest absolute Gasteiger partial charge is 0.127 e. The number of ether oxygens (including phenoxy) is 1. The molecule has 2 heterocycles. The summed E-state index contributed by atoms with van der Waals surface area (Å²) in [6.45, 7) is 9.99. The van der Waals surface area contributed by atoms with E-state index in [2.05, 4.69) is 9.80 Å². The van der Waals surface area contributed by atoms with E-state index in [1.54, 1.807) is 6.07 Å². The fraction of sp³-hybridized carbons (Fsp3) is 0.647. The molecule has 2 fully saturated rings. The number of benzene rings is 1. The van der Waals surface area contributed by atoms with Gasteiger partial charge in [0.05, 0.1) is 6.61 Å². The Labute approximate surface area is 126 Å². The largest absolute Gasteiger partial charge is 0.381 e. The summed E-state index contributed by atoms with van der Waals surface area (Å²) >= 11 is 0. The van der Waals surface area contributed by atoms with Crippen LogP contribution in [-0.2, 0) is 11.3 Å². The first-order chi connectivity index (χ1) is 10.2. The third-order valence-electron chi connectivity index (χ3n) is 4.60. The molecule has 4 heteroatoms. The summed E-state index contributed by atoms with van der Waals surface area (Å²) < 4.78 is 19.3. The Hall–Kier alpha value is -0.970. The Balaban J connectivity index is 1.48. The van der Waals surface area contributed by atoms with Crippen LogP contribution >= 0.6 is 0 Å². The predicted molar refractivity (Wildman–Crippen MR) is 81.8 cm³/mol. The molecule has 0 aliphatic carbocycles. The molecule has 1 aromatic rings. The maximum atomic E-state index is 13.8. The van der Waals surface area contributed by atoms with E-state index in [1.807, 2.05) is 19.1 Å². The highest BCUT2D eigenvalue weighted by Crippen LogP contribution is 2.17. The monoisotopic (exact) mass is 292 g/mol. The van der Waals surface area contributed by atoms with E-state index >= 15 is 0 Å². The van der Waals surface area contributed by atoms with Crippen molar-refractivity contribution in [3.63, 3.8) is 0 Å². The van der Waals surface area contributed by atoms with E-state index in [-0.39, 0.29) is 5.82 Å². The standard InChI is InChI=1S/C17H25FN2O/c1-14-2-3-17(18)16(10-14)12-20-7-5-19(6-8-20)11-15-4-9-21-13-15/h2-3,10,15H,4-9,11-13H2,1H3/t15-/m0/s1. The molecule has 0 bridgehead atoms. The third-order valence-corrected chi connectivity index (χ3v) is 4.60. The fourth-order valence-corrected chi connectivity index (χ4v) is 3.29. The zero-order valence-corrected chi connectivity index (χ0v) is 12.9. The van der Waals surface area contributed by atoms with Gasteiger partial charge in [-0.15, -0.1) is 0 Å². The molecule has 1 aromatic carbocycles. The van der Waals surface area contributed by atoms with Gasteiger partial charge in [-0.1, -0.05) is 17.7 Å². The molecular formula is C17H25FN2O. The molecule has 2 saturated heterocycles. The zero-order chi connectivity index (χ0) is 14.7. The second-order valence-corrected chi connectivity index (χ2v) is 6.40. The molecular weight excluding hydrogens is 267 g/mol. The maximum Gasteiger partial charge on any atom is 0.127 e. The molecule has 0 N–H and O–H groups in total. The van der Waals surface area contributed by atoms with Gasteiger partial charge in [0.2, 0.25) is 0 Å². The van der Waals surface area contributed by atoms with Gasteiger partial charge in [-0.05, 0) is 25.3 Å². The Kier molecular flexibility index (Phi) is 4.88. The van der Waals surface area contributed by atoms with Gasteiger partial charge >= 0.3 is 0 Å². The molecule has 0 saturated carbocycles. The summed E-state index contributed by atoms with van der Waals surface area (Å²) in [6.07, 6.45) is 1.20. The van der Waals surface area contributed by atoms with Crippen molar-refractivity contribution in [2.75, 3.05) is 45.9 Å². The van der Waals surface area contributed by atoms with E-state index < -0.39 is 0 Å². The molecule has 116 valence electrons. The molecule has 0 amide bonds. The number of piperazine rings is 1. The van der Waals surface area contributed by atoms with Crippen LogP contribution in [0.1, 0.15) is 17.5 Å². The van der Waals surface area contributed by atoms with Gasteiger partial charge in [0, 0.05) is 51.4 Å². The maximum absolute atomic E-state index is 13.8. The second-order valence-electron chi connectivity index (χ2n) is 6.40. The molecule has 2 aliphatic heterocycles. The first-order valence-corrected chi connectivity index (χ1v) is 7.98. The predicted octanol–water partition coefficient (Wildman–Crippen LogP) is 2.29. The summed E-state index contributed by atoms with van der Waals surface area (Å²) in [5.41, 5.74) is 1.96. The fourth-order valence-electron chi connectivity index (χ4n) is 3.29. The van der Waals surface area contributed by atoms with Gasteiger partial charge in [0.25, 0.3) is 0 Å². The molecule has 21 heavy (non-hydrogen) atoms. The molecule has 3 nitrogen and oxygen atoms in total. The van der Waals surface area contributed by atoms with E-state index in [0.29, 0.717) is 5.92 Å². The Morgan fingerprint density at radius 1 is 1.19 bits per heavy atom. The van der Waals surface area contributed by atoms with Crippen molar-refractivity contribution in [3.05, 3.63) is 35.1 Å². The minimum Gasteiger partial charge on any atom is -0.381 e. The van der Waals surface area contributed by atoms with Gasteiger partial charge in [0.1, 0.15) is 5.82 Å². The van der Waals surface area contributed by atoms with Crippen LogP contribution in [0.4, 0.5) is 4.39 Å². The molecule has 0 aromatic heterocycles. The highest BCUT2D eigenvalue weighted by atomic mass is 19.1. The molecule has 0 spiro atoms. The van der Waals surface area contributed by atoms with Crippen LogP contribution in [0, 0.1) is 18.7 Å². The Morgan fingerprint density at radius 3 is 2.67 bits per heavy atom. The number of hydrogen-bond acceptors (Lipinski definition) is 3. The van der Waals surface area contributed by atoms with Crippen LogP contribution in [0.3, 0.4) is 0 Å². The van der Waals surface area contributed by atoms with Crippen LogP contribution in [0.15, 0.2) is 18.2 Å². The van der Waals surface area contributed by atoms with Crippen molar-refractivity contribution in [2.24, 2.45) is 5.92 Å². The van der Waals surface area contributed by atoms with Gasteiger partial charge < -0.3 is 9.64 Å². The Morgan fingerprint density at radius 2 is 1.95 bits per heavy atom. The summed E-state index contributed by atoms with van der Waals surface area (Å²) in [5, 5.41) is 0. The number of hydrogen-bond donors (Lipinski definition) is 0. The van der Waals surface area contributed by atoms with E-state index in [9.17, 15) is 4.39 Å². The van der Waals surface area contributed by atoms with Gasteiger partial charge in [-0.2, -0.15) is 0 Å². The van der Waals surface area contributed by atoms with Gasteiger partial charge in [-0.3, -0.25) is 4.90 Å². The lowest BCUT2D eigenvalue weighted by atomic mass is 10.1. The first-order valence-electron chi connectivity index (χ1n) is 7.98. The van der Waals surface area contributed by atoms with Crippen molar-refractivity contribution in [1.82, 2.24) is 9.80 Å². The average Bonchev–Trinajstić information content (AvgIpc) is 2.98. The van der Waals surface area contributed by atoms with Crippen molar-refractivity contribution in [2.45, 2.75) is 19.9 Å². The molecule has 1 atom stereocenters. The highest BCUT2D eigenvalue weighted by molar-refractivity contribution is 5.24. The molecule has 2 aliphatic rings. The lowest BCUT2D eigenvalue weighted by molar-refractivity contribution is 0.106. The number of nitrogens with zero attached hydrogens (tertiary/aromatic N) is 2. The summed E-state index contributed by atoms with van der Waals surface area (Å²) in [5.74, 6) is 0.636. The van der Waals surface area contributed by atoms with Crippen molar-refractivity contribution >= 4 is 0 Å². The quantitative estimate of drug-likeness (QED) is 0.847. The number of aryl methyl sites for hydroxylation is 1. The zero-order valence-electron chi connectivity index (χ0n) is 12.9. The van der Waals surface area contributed by atoms with E-state index in [1.165, 1.54) is 6.42 Å². The molecule has 3 rings (SSSR count). The van der Waals surface area contributed by atoms with Crippen LogP contribution in [0.5, 0.6) is 0 Å². The third kappa shape index (κ3) is 4.02. The minimum atomic E-state index is -0.0777. The summed E-state index contributed by atoms with van der Waals surface area (Å²) in [6, 6.07) is 5.39. The average molecular weight is 292 g/mol. The summed E-state index contributed by atoms with van der Waals surface area (Å²) in [4.78, 5) is 4.89. The van der Waals surface area contributed by atoms with Crippen molar-refractivity contribution < 1.29 is 9.13 Å². The topological polar surface area (TPSA) is 15.7 Å². The van der Waals surface area contributed by atoms with Gasteiger partial charge in [0.15, 0.2) is 0 Å². The number of halogens is 1. The summed E-state index contributed by atoms with van der Waals surface area (Å²) in [7, 11) is 0. The van der Waals surface area contributed by atoms with E-state index in [4.69, 9.17) is 4.74 Å². The first kappa shape index (κ1) is 14.9. The van der Waals surface area contributed by atoms with Crippen LogP contribution in [0.25, 0.3) is 0 Å². The van der Waals surface area contributed by atoms with Crippen LogP contribution < -0.4 is 0 Å². The van der Waals surface area contributed by atoms with Crippen molar-refractivity contribution in [3.8, 4) is 0 Å². The van der Waals surface area contributed by atoms with Crippen LogP contribution in [-0.4, -0.2) is 55.7 Å². The molecule has 0 radical (unpaired) electrons. The lowest BCUT2D eigenvalue weighted by Gasteiger charge is -2.35. The van der Waals surface area contributed by atoms with Gasteiger partial charge in [-0.25, -0.2) is 4.39 Å². The Bertz CT molecular complexity index is 466. The van der Waals surface area contributed by atoms with Crippen molar-refractivity contribution in [1.29, 1.82) is 0 Å². The molecule has 0 unspecified atom stereocenters. The minimum absolute atomic E-state index is 0.0777. The number of rotatable bonds is 4.